The molecule has 0 fully saturated rings. The van der Waals surface area contributed by atoms with E-state index in [0.717, 1.165) is 33.2 Å². The molecule has 5 nitrogen and oxygen atoms in total. The highest BCUT2D eigenvalue weighted by Crippen LogP contribution is 2.38. The summed E-state index contributed by atoms with van der Waals surface area (Å²) in [7, 11) is 1.61. The molecule has 2 aromatic carbocycles. The number of aryl methyl sites for hydroxylation is 2. The topological polar surface area (TPSA) is 64.4 Å². The zero-order valence-corrected chi connectivity index (χ0v) is 18.0. The molecule has 0 bridgehead atoms. The van der Waals surface area contributed by atoms with Gasteiger partial charge in [0.2, 0.25) is 5.91 Å². The molecule has 5 heteroatoms. The minimum absolute atomic E-state index is 0.250. The molecular formula is C26H24N2O3. The Labute approximate surface area is 181 Å². The van der Waals surface area contributed by atoms with Gasteiger partial charge in [-0.15, -0.1) is 0 Å². The Hall–Kier alpha value is -3.86. The number of furan rings is 1. The number of nitrogens with zero attached hydrogens (tertiary/aromatic N) is 1. The quantitative estimate of drug-likeness (QED) is 0.399. The molecule has 0 spiro atoms. The number of ether oxygens (including phenoxy) is 1. The summed E-state index contributed by atoms with van der Waals surface area (Å²) < 4.78 is 11.4. The van der Waals surface area contributed by atoms with Crippen LogP contribution in [0.15, 0.2) is 71.5 Å². The first-order chi connectivity index (χ1) is 15.0. The summed E-state index contributed by atoms with van der Waals surface area (Å²) in [4.78, 5) is 16.6. The molecule has 0 atom stereocenters. The predicted octanol–water partition coefficient (Wildman–Crippen LogP) is 6.16. The lowest BCUT2D eigenvalue weighted by molar-refractivity contribution is -0.111. The van der Waals surface area contributed by atoms with Gasteiger partial charge in [0.1, 0.15) is 17.2 Å². The fourth-order valence-electron chi connectivity index (χ4n) is 3.73. The first kappa shape index (κ1) is 20.4. The molecule has 0 aliphatic carbocycles. The van der Waals surface area contributed by atoms with Crippen LogP contribution >= 0.6 is 0 Å². The van der Waals surface area contributed by atoms with Gasteiger partial charge in [-0.2, -0.15) is 0 Å². The molecule has 4 rings (SSSR count). The summed E-state index contributed by atoms with van der Waals surface area (Å²) in [6, 6.07) is 15.6. The summed E-state index contributed by atoms with van der Waals surface area (Å²) in [5.74, 6) is 0.902. The van der Waals surface area contributed by atoms with Gasteiger partial charge < -0.3 is 14.5 Å². The summed E-state index contributed by atoms with van der Waals surface area (Å²) in [6.07, 6.45) is 4.96. The Morgan fingerprint density at radius 2 is 1.94 bits per heavy atom. The van der Waals surface area contributed by atoms with E-state index < -0.39 is 0 Å². The zero-order chi connectivity index (χ0) is 22.0. The second kappa shape index (κ2) is 8.48. The van der Waals surface area contributed by atoms with Crippen molar-refractivity contribution in [1.82, 2.24) is 4.98 Å². The van der Waals surface area contributed by atoms with Crippen molar-refractivity contribution in [2.24, 2.45) is 0 Å². The zero-order valence-electron chi connectivity index (χ0n) is 18.0. The number of hydrogen-bond donors (Lipinski definition) is 1. The fraction of sp³-hybridized carbons (Fsp3) is 0.154. The number of methoxy groups -OCH3 is 1. The van der Waals surface area contributed by atoms with E-state index in [4.69, 9.17) is 9.15 Å². The molecule has 31 heavy (non-hydrogen) atoms. The van der Waals surface area contributed by atoms with Crippen LogP contribution in [-0.4, -0.2) is 18.0 Å². The standard InChI is InChI=1S/C26H24N2O3/c1-16-8-9-19(17(2)11-16)22-15-31-24-14-23(30-4)20(13-21(22)24)18(3)12-26(29)28-25-7-5-6-10-27-25/h5-15H,1-4H3,(H,27,28,29)/b18-12+. The van der Waals surface area contributed by atoms with E-state index in [1.165, 1.54) is 11.1 Å². The number of anilines is 1. The van der Waals surface area contributed by atoms with Crippen molar-refractivity contribution in [2.45, 2.75) is 20.8 Å². The number of pyridine rings is 1. The molecule has 1 N–H and O–H groups in total. The Morgan fingerprint density at radius 3 is 2.65 bits per heavy atom. The largest absolute Gasteiger partial charge is 0.496 e. The molecule has 0 radical (unpaired) electrons. The summed E-state index contributed by atoms with van der Waals surface area (Å²) in [6.45, 7) is 6.06. The first-order valence-electron chi connectivity index (χ1n) is 10.0. The molecule has 2 heterocycles. The number of fused-ring (bicyclic) bond motifs is 1. The van der Waals surface area contributed by atoms with Crippen molar-refractivity contribution in [1.29, 1.82) is 0 Å². The number of benzene rings is 2. The number of hydrogen-bond acceptors (Lipinski definition) is 4. The molecular weight excluding hydrogens is 388 g/mol. The van der Waals surface area contributed by atoms with Crippen LogP contribution in [0.4, 0.5) is 5.82 Å². The van der Waals surface area contributed by atoms with E-state index >= 15 is 0 Å². The van der Waals surface area contributed by atoms with E-state index in [-0.39, 0.29) is 5.91 Å². The average Bonchev–Trinajstić information content (AvgIpc) is 3.16. The van der Waals surface area contributed by atoms with Crippen molar-refractivity contribution in [3.63, 3.8) is 0 Å². The van der Waals surface area contributed by atoms with Crippen molar-refractivity contribution in [3.8, 4) is 16.9 Å². The molecule has 0 aliphatic rings. The highest BCUT2D eigenvalue weighted by atomic mass is 16.5. The van der Waals surface area contributed by atoms with Gasteiger partial charge in [-0.25, -0.2) is 4.98 Å². The van der Waals surface area contributed by atoms with E-state index in [1.54, 1.807) is 37.8 Å². The Kier molecular flexibility index (Phi) is 5.58. The Bertz CT molecular complexity index is 1290. The number of amides is 1. The molecule has 0 aliphatic heterocycles. The van der Waals surface area contributed by atoms with Gasteiger partial charge in [0, 0.05) is 34.9 Å². The van der Waals surface area contributed by atoms with Crippen molar-refractivity contribution in [3.05, 3.63) is 83.8 Å². The van der Waals surface area contributed by atoms with E-state index in [1.807, 2.05) is 25.1 Å². The smallest absolute Gasteiger partial charge is 0.249 e. The minimum atomic E-state index is -0.250. The second-order valence-electron chi connectivity index (χ2n) is 7.55. The molecule has 0 saturated carbocycles. The van der Waals surface area contributed by atoms with Gasteiger partial charge in [-0.1, -0.05) is 29.8 Å². The minimum Gasteiger partial charge on any atom is -0.496 e. The highest BCUT2D eigenvalue weighted by Gasteiger charge is 2.16. The molecule has 156 valence electrons. The number of nitrogens with one attached hydrogen (secondary N) is 1. The van der Waals surface area contributed by atoms with Gasteiger partial charge in [-0.05, 0) is 55.7 Å². The number of aromatic nitrogens is 1. The SMILES string of the molecule is COc1cc2occ(-c3ccc(C)cc3C)c2cc1/C(C)=C/C(=O)Nc1ccccn1. The second-order valence-corrected chi connectivity index (χ2v) is 7.55. The Balaban J connectivity index is 1.75. The molecule has 0 unspecified atom stereocenters. The number of allylic oxidation sites excluding steroid dienone is 1. The first-order valence-corrected chi connectivity index (χ1v) is 10.0. The van der Waals surface area contributed by atoms with Gasteiger partial charge in [0.25, 0.3) is 0 Å². The third-order valence-electron chi connectivity index (χ3n) is 5.26. The normalized spacial score (nSPS) is 11.5. The van der Waals surface area contributed by atoms with Crippen molar-refractivity contribution < 1.29 is 13.9 Å². The number of carbonyl (C=O) groups excluding carboxylic acids is 1. The lowest BCUT2D eigenvalue weighted by atomic mass is 9.96. The highest BCUT2D eigenvalue weighted by molar-refractivity contribution is 6.05. The molecule has 0 saturated heterocycles. The van der Waals surface area contributed by atoms with Gasteiger partial charge >= 0.3 is 0 Å². The summed E-state index contributed by atoms with van der Waals surface area (Å²) in [5, 5.41) is 3.75. The van der Waals surface area contributed by atoms with Gasteiger partial charge in [-0.3, -0.25) is 4.79 Å². The van der Waals surface area contributed by atoms with Gasteiger partial charge in [0.15, 0.2) is 0 Å². The number of rotatable bonds is 5. The van der Waals surface area contributed by atoms with Crippen LogP contribution in [-0.2, 0) is 4.79 Å². The maximum absolute atomic E-state index is 12.5. The molecule has 1 amide bonds. The van der Waals surface area contributed by atoms with Crippen LogP contribution in [0, 0.1) is 13.8 Å². The fourth-order valence-corrected chi connectivity index (χ4v) is 3.73. The van der Waals surface area contributed by atoms with E-state index in [0.29, 0.717) is 11.6 Å². The Morgan fingerprint density at radius 1 is 1.10 bits per heavy atom. The summed E-state index contributed by atoms with van der Waals surface area (Å²) in [5.41, 5.74) is 6.88. The third-order valence-corrected chi connectivity index (χ3v) is 5.26. The lowest BCUT2D eigenvalue weighted by Crippen LogP contribution is -2.09. The van der Waals surface area contributed by atoms with E-state index in [9.17, 15) is 4.79 Å². The van der Waals surface area contributed by atoms with Crippen molar-refractivity contribution >= 4 is 28.3 Å². The van der Waals surface area contributed by atoms with Crippen molar-refractivity contribution in [2.75, 3.05) is 12.4 Å². The third kappa shape index (κ3) is 4.21. The van der Waals surface area contributed by atoms with Crippen LogP contribution in [0.3, 0.4) is 0 Å². The van der Waals surface area contributed by atoms with Gasteiger partial charge in [0.05, 0.1) is 13.4 Å². The van der Waals surface area contributed by atoms with Crippen LogP contribution < -0.4 is 10.1 Å². The number of carbonyl (C=O) groups is 1. The summed E-state index contributed by atoms with van der Waals surface area (Å²) >= 11 is 0. The monoisotopic (exact) mass is 412 g/mol. The van der Waals surface area contributed by atoms with Crippen LogP contribution in [0.2, 0.25) is 0 Å². The van der Waals surface area contributed by atoms with Crippen LogP contribution in [0.1, 0.15) is 23.6 Å². The molecule has 4 aromatic rings. The average molecular weight is 412 g/mol. The maximum Gasteiger partial charge on any atom is 0.249 e. The van der Waals surface area contributed by atoms with Crippen LogP contribution in [0.25, 0.3) is 27.7 Å². The lowest BCUT2D eigenvalue weighted by Gasteiger charge is -2.11. The van der Waals surface area contributed by atoms with E-state index in [2.05, 4.69) is 42.3 Å². The van der Waals surface area contributed by atoms with Crippen LogP contribution in [0.5, 0.6) is 5.75 Å². The predicted molar refractivity (Wildman–Crippen MR) is 124 cm³/mol. The maximum atomic E-state index is 12.5. The molecule has 2 aromatic heterocycles.